The number of hydrogen-bond donors (Lipinski definition) is 0. The van der Waals surface area contributed by atoms with Crippen molar-refractivity contribution in [3.63, 3.8) is 0 Å². The Morgan fingerprint density at radius 2 is 1.86 bits per heavy atom. The van der Waals surface area contributed by atoms with Gasteiger partial charge in [-0.3, -0.25) is 0 Å². The lowest BCUT2D eigenvalue weighted by molar-refractivity contribution is 0.211. The van der Waals surface area contributed by atoms with Crippen LogP contribution < -0.4 is 0 Å². The smallest absolute Gasteiger partial charge is 0.335 e. The molecule has 0 aromatic carbocycles. The molecule has 0 radical (unpaired) electrons. The van der Waals surface area contributed by atoms with Gasteiger partial charge in [-0.15, -0.1) is 11.8 Å². The summed E-state index contributed by atoms with van der Waals surface area (Å²) in [5.74, 6) is 0. The lowest BCUT2D eigenvalue weighted by atomic mass is 10.4. The summed E-state index contributed by atoms with van der Waals surface area (Å²) in [6.07, 6.45) is 2.34. The summed E-state index contributed by atoms with van der Waals surface area (Å²) < 4.78 is 11.4. The van der Waals surface area contributed by atoms with E-state index >= 15 is 0 Å². The van der Waals surface area contributed by atoms with E-state index < -0.39 is 9.28 Å². The maximum atomic E-state index is 5.70. The first-order valence-electron chi connectivity index (χ1n) is 5.29. The highest BCUT2D eigenvalue weighted by molar-refractivity contribution is 8.04. The van der Waals surface area contributed by atoms with E-state index in [2.05, 4.69) is 13.5 Å². The van der Waals surface area contributed by atoms with E-state index in [4.69, 9.17) is 8.85 Å². The summed E-state index contributed by atoms with van der Waals surface area (Å²) in [4.78, 5) is 0.511. The zero-order valence-corrected chi connectivity index (χ0v) is 11.5. The van der Waals surface area contributed by atoms with Crippen molar-refractivity contribution in [3.8, 4) is 0 Å². The summed E-state index contributed by atoms with van der Waals surface area (Å²) in [6, 6.07) is 0. The molecule has 0 aromatic heterocycles. The van der Waals surface area contributed by atoms with E-state index in [9.17, 15) is 0 Å². The van der Waals surface area contributed by atoms with E-state index in [1.54, 1.807) is 11.8 Å². The summed E-state index contributed by atoms with van der Waals surface area (Å²) in [5, 5.41) is 1.90. The molecule has 0 spiro atoms. The maximum absolute atomic E-state index is 5.70. The highest BCUT2D eigenvalue weighted by atomic mass is 32.2. The third kappa shape index (κ3) is 5.85. The minimum absolute atomic E-state index is 0.511. The van der Waals surface area contributed by atoms with Gasteiger partial charge in [0.1, 0.15) is 0 Å². The van der Waals surface area contributed by atoms with Crippen molar-refractivity contribution in [2.75, 3.05) is 13.2 Å². The first-order valence-corrected chi connectivity index (χ1v) is 7.84. The Labute approximate surface area is 93.9 Å². The standard InChI is InChI=1S/C10H22O2SSi/c1-5-9-10(13-8-4)14(11-6-2)12-7-3/h8,10,14H,4-7,9H2,1-3H3. The molecule has 14 heavy (non-hydrogen) atoms. The minimum atomic E-state index is -1.49. The van der Waals surface area contributed by atoms with Gasteiger partial charge >= 0.3 is 9.28 Å². The molecule has 0 fully saturated rings. The Morgan fingerprint density at radius 1 is 1.29 bits per heavy atom. The average molecular weight is 234 g/mol. The number of hydrogen-bond acceptors (Lipinski definition) is 3. The minimum Gasteiger partial charge on any atom is -0.396 e. The molecule has 0 N–H and O–H groups in total. The molecule has 1 atom stereocenters. The first-order chi connectivity index (χ1) is 6.79. The van der Waals surface area contributed by atoms with Crippen LogP contribution in [0.2, 0.25) is 0 Å². The fraction of sp³-hybridized carbons (Fsp3) is 0.800. The third-order valence-electron chi connectivity index (χ3n) is 1.81. The van der Waals surface area contributed by atoms with Gasteiger partial charge in [-0.1, -0.05) is 19.9 Å². The second-order valence-electron chi connectivity index (χ2n) is 2.91. The van der Waals surface area contributed by atoms with E-state index in [0.717, 1.165) is 19.6 Å². The monoisotopic (exact) mass is 234 g/mol. The van der Waals surface area contributed by atoms with Gasteiger partial charge in [0.25, 0.3) is 0 Å². The van der Waals surface area contributed by atoms with Crippen molar-refractivity contribution in [1.29, 1.82) is 0 Å². The molecule has 4 heteroatoms. The SMILES string of the molecule is C=CSC(CCC)[SiH](OCC)OCC. The molecule has 0 aliphatic carbocycles. The average Bonchev–Trinajstić information content (AvgIpc) is 2.17. The van der Waals surface area contributed by atoms with Crippen LogP contribution in [0.25, 0.3) is 0 Å². The van der Waals surface area contributed by atoms with Crippen molar-refractivity contribution in [2.45, 2.75) is 38.5 Å². The molecule has 0 aromatic rings. The number of thioether (sulfide) groups is 1. The topological polar surface area (TPSA) is 18.5 Å². The summed E-state index contributed by atoms with van der Waals surface area (Å²) in [6.45, 7) is 11.5. The quantitative estimate of drug-likeness (QED) is 0.572. The maximum Gasteiger partial charge on any atom is 0.335 e. The largest absolute Gasteiger partial charge is 0.396 e. The predicted molar refractivity (Wildman–Crippen MR) is 66.9 cm³/mol. The second-order valence-corrected chi connectivity index (χ2v) is 6.81. The van der Waals surface area contributed by atoms with Gasteiger partial charge in [0, 0.05) is 18.1 Å². The summed E-state index contributed by atoms with van der Waals surface area (Å²) in [7, 11) is -1.49. The summed E-state index contributed by atoms with van der Waals surface area (Å²) >= 11 is 1.76. The molecule has 0 rings (SSSR count). The molecule has 0 heterocycles. The van der Waals surface area contributed by atoms with Crippen LogP contribution in [-0.4, -0.2) is 27.4 Å². The highest BCUT2D eigenvalue weighted by Gasteiger charge is 2.24. The molecule has 2 nitrogen and oxygen atoms in total. The lowest BCUT2D eigenvalue weighted by Gasteiger charge is -2.22. The molecular weight excluding hydrogens is 212 g/mol. The van der Waals surface area contributed by atoms with Crippen molar-refractivity contribution >= 4 is 21.0 Å². The zero-order chi connectivity index (χ0) is 10.8. The van der Waals surface area contributed by atoms with Gasteiger partial charge < -0.3 is 8.85 Å². The van der Waals surface area contributed by atoms with Gasteiger partial charge in [-0.25, -0.2) is 0 Å². The van der Waals surface area contributed by atoms with Gasteiger partial charge in [0.2, 0.25) is 0 Å². The van der Waals surface area contributed by atoms with E-state index in [1.165, 1.54) is 6.42 Å². The molecule has 0 aliphatic heterocycles. The molecular formula is C10H22O2SSi. The van der Waals surface area contributed by atoms with E-state index in [1.807, 2.05) is 19.3 Å². The number of rotatable bonds is 9. The zero-order valence-electron chi connectivity index (χ0n) is 9.49. The van der Waals surface area contributed by atoms with Gasteiger partial charge in [0.15, 0.2) is 0 Å². The normalized spacial score (nSPS) is 13.1. The van der Waals surface area contributed by atoms with E-state index in [0.29, 0.717) is 4.87 Å². The van der Waals surface area contributed by atoms with Gasteiger partial charge in [0.05, 0.1) is 0 Å². The Kier molecular flexibility index (Phi) is 9.93. The predicted octanol–water partition coefficient (Wildman–Crippen LogP) is 2.86. The van der Waals surface area contributed by atoms with Crippen molar-refractivity contribution in [2.24, 2.45) is 0 Å². The van der Waals surface area contributed by atoms with Crippen LogP contribution in [-0.2, 0) is 8.85 Å². The second kappa shape index (κ2) is 9.77. The van der Waals surface area contributed by atoms with Crippen molar-refractivity contribution in [1.82, 2.24) is 0 Å². The fourth-order valence-electron chi connectivity index (χ4n) is 1.27. The molecule has 84 valence electrons. The molecule has 0 bridgehead atoms. The van der Waals surface area contributed by atoms with Crippen LogP contribution in [0.1, 0.15) is 33.6 Å². The molecule has 0 saturated carbocycles. The molecule has 0 aliphatic rings. The Morgan fingerprint density at radius 3 is 2.21 bits per heavy atom. The molecule has 1 unspecified atom stereocenters. The first kappa shape index (κ1) is 14.2. The lowest BCUT2D eigenvalue weighted by Crippen LogP contribution is -2.35. The third-order valence-corrected chi connectivity index (χ3v) is 5.99. The van der Waals surface area contributed by atoms with Gasteiger partial charge in [-0.2, -0.15) is 0 Å². The summed E-state index contributed by atoms with van der Waals surface area (Å²) in [5.41, 5.74) is 0. The van der Waals surface area contributed by atoms with Crippen molar-refractivity contribution < 1.29 is 8.85 Å². The van der Waals surface area contributed by atoms with Gasteiger partial charge in [-0.05, 0) is 25.7 Å². The fourth-order valence-corrected chi connectivity index (χ4v) is 4.99. The van der Waals surface area contributed by atoms with Crippen molar-refractivity contribution in [3.05, 3.63) is 12.0 Å². The van der Waals surface area contributed by atoms with Crippen LogP contribution in [0.5, 0.6) is 0 Å². The van der Waals surface area contributed by atoms with Crippen LogP contribution >= 0.6 is 11.8 Å². The Bertz CT molecular complexity index is 138. The van der Waals surface area contributed by atoms with Crippen LogP contribution in [0.4, 0.5) is 0 Å². The van der Waals surface area contributed by atoms with E-state index in [-0.39, 0.29) is 0 Å². The molecule has 0 saturated heterocycles. The van der Waals surface area contributed by atoms with Crippen LogP contribution in [0.3, 0.4) is 0 Å². The van der Waals surface area contributed by atoms with Crippen LogP contribution in [0, 0.1) is 0 Å². The highest BCUT2D eigenvalue weighted by Crippen LogP contribution is 2.21. The van der Waals surface area contributed by atoms with Crippen LogP contribution in [0.15, 0.2) is 12.0 Å². The Balaban J connectivity index is 4.12. The molecule has 0 amide bonds. The Hall–Kier alpha value is 0.227.